The fraction of sp³-hybridized carbons (Fsp3) is 0.333. The molecule has 0 aliphatic rings. The van der Waals surface area contributed by atoms with Crippen molar-refractivity contribution >= 4 is 40.3 Å². The fourth-order valence-corrected chi connectivity index (χ4v) is 3.06. The first-order valence-electron chi connectivity index (χ1n) is 5.51. The number of aromatic nitrogens is 2. The van der Waals surface area contributed by atoms with E-state index in [0.29, 0.717) is 14.2 Å². The van der Waals surface area contributed by atoms with E-state index in [-0.39, 0.29) is 12.2 Å². The van der Waals surface area contributed by atoms with Crippen LogP contribution in [0.25, 0.3) is 0 Å². The fourth-order valence-electron chi connectivity index (χ4n) is 1.72. The SMILES string of the molecule is CCc1nn(C)c(CC(=O)c2ccc(Cl)s2)c1Cl. The molecule has 2 heterocycles. The summed E-state index contributed by atoms with van der Waals surface area (Å²) in [6.07, 6.45) is 1.00. The maximum absolute atomic E-state index is 12.1. The highest BCUT2D eigenvalue weighted by Gasteiger charge is 2.18. The zero-order valence-electron chi connectivity index (χ0n) is 10.0. The zero-order valence-corrected chi connectivity index (χ0v) is 12.4. The molecule has 2 rings (SSSR count). The smallest absolute Gasteiger partial charge is 0.178 e. The number of hydrogen-bond acceptors (Lipinski definition) is 3. The molecule has 0 atom stereocenters. The Hall–Kier alpha value is -0.840. The summed E-state index contributed by atoms with van der Waals surface area (Å²) in [5.74, 6) is 0.0134. The van der Waals surface area contributed by atoms with Gasteiger partial charge in [0.2, 0.25) is 0 Å². The maximum Gasteiger partial charge on any atom is 0.178 e. The average Bonchev–Trinajstić information content (AvgIpc) is 2.87. The number of rotatable bonds is 4. The second kappa shape index (κ2) is 5.43. The van der Waals surface area contributed by atoms with Crippen LogP contribution in [-0.4, -0.2) is 15.6 Å². The Morgan fingerprint density at radius 3 is 2.67 bits per heavy atom. The molecule has 3 nitrogen and oxygen atoms in total. The minimum Gasteiger partial charge on any atom is -0.293 e. The summed E-state index contributed by atoms with van der Waals surface area (Å²) in [5.41, 5.74) is 1.58. The van der Waals surface area contributed by atoms with Gasteiger partial charge in [0, 0.05) is 7.05 Å². The summed E-state index contributed by atoms with van der Waals surface area (Å²) >= 11 is 13.3. The first-order chi connectivity index (χ1) is 8.52. The van der Waals surface area contributed by atoms with Crippen molar-refractivity contribution in [3.05, 3.63) is 37.8 Å². The molecule has 18 heavy (non-hydrogen) atoms. The third kappa shape index (κ3) is 2.60. The number of hydrogen-bond donors (Lipinski definition) is 0. The predicted octanol–water partition coefficient (Wildman–Crippen LogP) is 3.78. The summed E-state index contributed by atoms with van der Waals surface area (Å²) in [6, 6.07) is 3.46. The van der Waals surface area contributed by atoms with E-state index in [0.717, 1.165) is 17.8 Å². The normalized spacial score (nSPS) is 10.9. The molecule has 0 radical (unpaired) electrons. The number of nitrogens with zero attached hydrogens (tertiary/aromatic N) is 2. The molecule has 6 heteroatoms. The van der Waals surface area contributed by atoms with Crippen molar-refractivity contribution in [3.63, 3.8) is 0 Å². The van der Waals surface area contributed by atoms with E-state index in [9.17, 15) is 4.79 Å². The molecule has 0 amide bonds. The van der Waals surface area contributed by atoms with Gasteiger partial charge in [-0.15, -0.1) is 11.3 Å². The first kappa shape index (κ1) is 13.6. The minimum absolute atomic E-state index is 0.0134. The molecule has 96 valence electrons. The highest BCUT2D eigenvalue weighted by Crippen LogP contribution is 2.26. The van der Waals surface area contributed by atoms with Crippen LogP contribution in [-0.2, 0) is 19.9 Å². The molecule has 0 N–H and O–H groups in total. The Bertz CT molecular complexity index is 589. The third-order valence-corrected chi connectivity index (χ3v) is 4.39. The van der Waals surface area contributed by atoms with Gasteiger partial charge >= 0.3 is 0 Å². The van der Waals surface area contributed by atoms with Crippen LogP contribution in [0.2, 0.25) is 9.36 Å². The Labute approximate surface area is 119 Å². The van der Waals surface area contributed by atoms with Crippen molar-refractivity contribution in [2.24, 2.45) is 7.05 Å². The Morgan fingerprint density at radius 2 is 2.17 bits per heavy atom. The van der Waals surface area contributed by atoms with Gasteiger partial charge in [-0.1, -0.05) is 30.1 Å². The molecule has 0 fully saturated rings. The number of ketones is 1. The van der Waals surface area contributed by atoms with Gasteiger partial charge in [0.15, 0.2) is 5.78 Å². The van der Waals surface area contributed by atoms with E-state index >= 15 is 0 Å². The molecule has 0 saturated carbocycles. The maximum atomic E-state index is 12.1. The Balaban J connectivity index is 2.24. The van der Waals surface area contributed by atoms with E-state index in [1.807, 2.05) is 6.92 Å². The van der Waals surface area contributed by atoms with Gasteiger partial charge in [-0.3, -0.25) is 9.48 Å². The molecular formula is C12H12Cl2N2OS. The lowest BCUT2D eigenvalue weighted by Gasteiger charge is -2.00. The van der Waals surface area contributed by atoms with Crippen LogP contribution < -0.4 is 0 Å². The molecule has 0 aliphatic carbocycles. The summed E-state index contributed by atoms with van der Waals surface area (Å²) in [4.78, 5) is 12.7. The van der Waals surface area contributed by atoms with Crippen molar-refractivity contribution in [2.45, 2.75) is 19.8 Å². The number of thiophene rings is 1. The van der Waals surface area contributed by atoms with Gasteiger partial charge in [-0.05, 0) is 18.6 Å². The van der Waals surface area contributed by atoms with Crippen molar-refractivity contribution in [2.75, 3.05) is 0 Å². The standard InChI is InChI=1S/C12H12Cl2N2OS/c1-3-7-12(14)8(16(2)15-7)6-9(17)10-4-5-11(13)18-10/h4-5H,3,6H2,1-2H3. The second-order valence-electron chi connectivity index (χ2n) is 3.89. The van der Waals surface area contributed by atoms with E-state index in [1.54, 1.807) is 23.9 Å². The third-order valence-electron chi connectivity index (χ3n) is 2.68. The van der Waals surface area contributed by atoms with Crippen LogP contribution in [0.15, 0.2) is 12.1 Å². The van der Waals surface area contributed by atoms with Crippen LogP contribution in [0.5, 0.6) is 0 Å². The lowest BCUT2D eigenvalue weighted by atomic mass is 10.1. The van der Waals surface area contributed by atoms with Crippen LogP contribution in [0, 0.1) is 0 Å². The minimum atomic E-state index is 0.0134. The number of halogens is 2. The van der Waals surface area contributed by atoms with Crippen molar-refractivity contribution in [1.29, 1.82) is 0 Å². The molecule has 0 saturated heterocycles. The average molecular weight is 303 g/mol. The van der Waals surface area contributed by atoms with Gasteiger partial charge in [-0.25, -0.2) is 0 Å². The monoisotopic (exact) mass is 302 g/mol. The summed E-state index contributed by atoms with van der Waals surface area (Å²) in [5, 5.41) is 4.88. The van der Waals surface area contributed by atoms with Gasteiger partial charge < -0.3 is 0 Å². The van der Waals surface area contributed by atoms with Crippen LogP contribution >= 0.6 is 34.5 Å². The molecule has 2 aromatic rings. The number of carbonyl (C=O) groups is 1. The lowest BCUT2D eigenvalue weighted by molar-refractivity contribution is 0.0994. The molecule has 0 bridgehead atoms. The van der Waals surface area contributed by atoms with Crippen LogP contribution in [0.4, 0.5) is 0 Å². The number of aryl methyl sites for hydroxylation is 2. The number of Topliss-reactive ketones (excluding diaryl/α,β-unsaturated/α-hetero) is 1. The molecule has 0 aromatic carbocycles. The van der Waals surface area contributed by atoms with E-state index in [2.05, 4.69) is 5.10 Å². The summed E-state index contributed by atoms with van der Waals surface area (Å²) in [7, 11) is 1.80. The van der Waals surface area contributed by atoms with Crippen molar-refractivity contribution < 1.29 is 4.79 Å². The molecule has 2 aromatic heterocycles. The Morgan fingerprint density at radius 1 is 1.44 bits per heavy atom. The van der Waals surface area contributed by atoms with Crippen LogP contribution in [0.3, 0.4) is 0 Å². The van der Waals surface area contributed by atoms with Crippen LogP contribution in [0.1, 0.15) is 28.0 Å². The summed E-state index contributed by atoms with van der Waals surface area (Å²) in [6.45, 7) is 1.98. The van der Waals surface area contributed by atoms with Gasteiger partial charge in [-0.2, -0.15) is 5.10 Å². The van der Waals surface area contributed by atoms with Crippen molar-refractivity contribution in [1.82, 2.24) is 9.78 Å². The molecular weight excluding hydrogens is 291 g/mol. The van der Waals surface area contributed by atoms with Crippen molar-refractivity contribution in [3.8, 4) is 0 Å². The highest BCUT2D eigenvalue weighted by atomic mass is 35.5. The molecule has 0 spiro atoms. The van der Waals surface area contributed by atoms with E-state index < -0.39 is 0 Å². The topological polar surface area (TPSA) is 34.9 Å². The van der Waals surface area contributed by atoms with Gasteiger partial charge in [0.1, 0.15) is 0 Å². The Kier molecular flexibility index (Phi) is 4.10. The van der Waals surface area contributed by atoms with E-state index in [4.69, 9.17) is 23.2 Å². The molecule has 0 aliphatic heterocycles. The molecule has 0 unspecified atom stereocenters. The highest BCUT2D eigenvalue weighted by molar-refractivity contribution is 7.18. The lowest BCUT2D eigenvalue weighted by Crippen LogP contribution is -2.06. The predicted molar refractivity (Wildman–Crippen MR) is 75.0 cm³/mol. The largest absolute Gasteiger partial charge is 0.293 e. The number of carbonyl (C=O) groups excluding carboxylic acids is 1. The van der Waals surface area contributed by atoms with E-state index in [1.165, 1.54) is 11.3 Å². The van der Waals surface area contributed by atoms with Gasteiger partial charge in [0.05, 0.1) is 32.0 Å². The second-order valence-corrected chi connectivity index (χ2v) is 5.98. The van der Waals surface area contributed by atoms with Gasteiger partial charge in [0.25, 0.3) is 0 Å². The first-order valence-corrected chi connectivity index (χ1v) is 7.09. The summed E-state index contributed by atoms with van der Waals surface area (Å²) < 4.78 is 2.29. The quantitative estimate of drug-likeness (QED) is 0.806. The zero-order chi connectivity index (χ0) is 13.3.